The molecule has 0 spiro atoms. The quantitative estimate of drug-likeness (QED) is 0.798. The molecule has 0 aliphatic heterocycles. The number of aliphatic imine (C=N–C) groups is 1. The average molecular weight is 250 g/mol. The summed E-state index contributed by atoms with van der Waals surface area (Å²) in [5.74, 6) is -0.0661. The Bertz CT molecular complexity index is 438. The molecule has 0 bridgehead atoms. The normalized spacial score (nSPS) is 10.8. The Morgan fingerprint density at radius 1 is 1.22 bits per heavy atom. The summed E-state index contributed by atoms with van der Waals surface area (Å²) in [4.78, 5) is 14.7. The topological polar surface area (TPSA) is 41.5 Å². The molecule has 0 radical (unpaired) electrons. The van der Waals surface area contributed by atoms with Gasteiger partial charge in [0.05, 0.1) is 0 Å². The van der Waals surface area contributed by atoms with Gasteiger partial charge in [0, 0.05) is 5.69 Å². The van der Waals surface area contributed by atoms with Gasteiger partial charge in [0.15, 0.2) is 0 Å². The van der Waals surface area contributed by atoms with Crippen molar-refractivity contribution in [1.82, 2.24) is 0 Å². The lowest BCUT2D eigenvalue weighted by atomic mass is 9.92. The van der Waals surface area contributed by atoms with Crippen molar-refractivity contribution >= 4 is 18.4 Å². The number of carbonyl (C=O) groups excluding carboxylic acids is 1. The molecule has 0 heterocycles. The molecule has 0 unspecified atom stereocenters. The van der Waals surface area contributed by atoms with Crippen LogP contribution in [0.25, 0.3) is 0 Å². The molecule has 0 saturated carbocycles. The summed E-state index contributed by atoms with van der Waals surface area (Å²) in [5, 5.41) is 2.68. The van der Waals surface area contributed by atoms with E-state index in [1.165, 1.54) is 12.1 Å². The molecule has 0 fully saturated rings. The second-order valence-corrected chi connectivity index (χ2v) is 4.86. The predicted molar refractivity (Wildman–Crippen MR) is 73.1 cm³/mol. The van der Waals surface area contributed by atoms with E-state index < -0.39 is 6.03 Å². The van der Waals surface area contributed by atoms with Crippen molar-refractivity contribution in [3.63, 3.8) is 0 Å². The number of urea groups is 1. The first-order valence-corrected chi connectivity index (χ1v) is 5.97. The first-order chi connectivity index (χ1) is 8.36. The van der Waals surface area contributed by atoms with Crippen molar-refractivity contribution in [1.29, 1.82) is 0 Å². The Hall–Kier alpha value is -1.71. The minimum atomic E-state index is -0.523. The third-order valence-corrected chi connectivity index (χ3v) is 2.78. The maximum absolute atomic E-state index is 13.6. The highest BCUT2D eigenvalue weighted by Gasteiger charge is 2.17. The minimum absolute atomic E-state index is 0.110. The van der Waals surface area contributed by atoms with Crippen LogP contribution >= 0.6 is 0 Å². The molecule has 1 aromatic rings. The average Bonchev–Trinajstić information content (AvgIpc) is 2.29. The van der Waals surface area contributed by atoms with Gasteiger partial charge in [-0.1, -0.05) is 27.7 Å². The van der Waals surface area contributed by atoms with Gasteiger partial charge in [-0.05, 0) is 41.8 Å². The number of benzene rings is 1. The third-order valence-electron chi connectivity index (χ3n) is 2.78. The van der Waals surface area contributed by atoms with E-state index in [4.69, 9.17) is 0 Å². The van der Waals surface area contributed by atoms with Gasteiger partial charge in [-0.25, -0.2) is 14.2 Å². The predicted octanol–water partition coefficient (Wildman–Crippen LogP) is 4.31. The van der Waals surface area contributed by atoms with Crippen LogP contribution in [0.3, 0.4) is 0 Å². The lowest BCUT2D eigenvalue weighted by Crippen LogP contribution is -2.12. The fourth-order valence-corrected chi connectivity index (χ4v) is 1.85. The number of nitrogens with zero attached hydrogens (tertiary/aromatic N) is 1. The fourth-order valence-electron chi connectivity index (χ4n) is 1.85. The molecule has 1 aromatic carbocycles. The Morgan fingerprint density at radius 3 is 2.00 bits per heavy atom. The molecule has 1 rings (SSSR count). The van der Waals surface area contributed by atoms with Gasteiger partial charge in [-0.2, -0.15) is 0 Å². The van der Waals surface area contributed by atoms with Crippen LogP contribution in [0.15, 0.2) is 17.1 Å². The van der Waals surface area contributed by atoms with E-state index in [0.29, 0.717) is 5.69 Å². The zero-order valence-electron chi connectivity index (χ0n) is 11.2. The summed E-state index contributed by atoms with van der Waals surface area (Å²) in [7, 11) is 0. The highest BCUT2D eigenvalue weighted by atomic mass is 19.1. The molecule has 98 valence electrons. The van der Waals surface area contributed by atoms with Gasteiger partial charge in [-0.15, -0.1) is 0 Å². The van der Waals surface area contributed by atoms with Crippen molar-refractivity contribution in [3.05, 3.63) is 29.1 Å². The molecule has 1 N–H and O–H groups in total. The van der Waals surface area contributed by atoms with Crippen molar-refractivity contribution < 1.29 is 9.18 Å². The maximum atomic E-state index is 13.6. The first-order valence-electron chi connectivity index (χ1n) is 5.97. The molecular weight excluding hydrogens is 231 g/mol. The van der Waals surface area contributed by atoms with E-state index in [-0.39, 0.29) is 17.7 Å². The SMILES string of the molecule is C=NC(=O)Nc1c(C(C)C)cc(F)cc1C(C)C. The van der Waals surface area contributed by atoms with Gasteiger partial charge in [-0.3, -0.25) is 0 Å². The zero-order valence-corrected chi connectivity index (χ0v) is 11.2. The van der Waals surface area contributed by atoms with E-state index in [1.807, 2.05) is 27.7 Å². The lowest BCUT2D eigenvalue weighted by Gasteiger charge is -2.19. The van der Waals surface area contributed by atoms with Crippen LogP contribution in [0.1, 0.15) is 50.7 Å². The van der Waals surface area contributed by atoms with Gasteiger partial charge < -0.3 is 5.32 Å². The van der Waals surface area contributed by atoms with Gasteiger partial charge >= 0.3 is 6.03 Å². The van der Waals surface area contributed by atoms with Crippen molar-refractivity contribution in [2.24, 2.45) is 4.99 Å². The molecular formula is C14H19FN2O. The molecule has 0 aliphatic rings. The second-order valence-electron chi connectivity index (χ2n) is 4.86. The van der Waals surface area contributed by atoms with Crippen LogP contribution in [0.4, 0.5) is 14.9 Å². The third kappa shape index (κ3) is 3.15. The van der Waals surface area contributed by atoms with Crippen LogP contribution in [0.5, 0.6) is 0 Å². The Labute approximate surface area is 107 Å². The Kier molecular flexibility index (Phi) is 4.59. The number of rotatable bonds is 3. The van der Waals surface area contributed by atoms with Crippen LogP contribution < -0.4 is 5.32 Å². The highest BCUT2D eigenvalue weighted by molar-refractivity contribution is 5.94. The maximum Gasteiger partial charge on any atom is 0.344 e. The van der Waals surface area contributed by atoms with Crippen molar-refractivity contribution in [3.8, 4) is 0 Å². The summed E-state index contributed by atoms with van der Waals surface area (Å²) >= 11 is 0. The minimum Gasteiger partial charge on any atom is -0.306 e. The molecule has 0 atom stereocenters. The molecule has 0 saturated heterocycles. The molecule has 4 heteroatoms. The molecule has 2 amide bonds. The Morgan fingerprint density at radius 2 is 1.67 bits per heavy atom. The monoisotopic (exact) mass is 250 g/mol. The van der Waals surface area contributed by atoms with Crippen LogP contribution in [-0.4, -0.2) is 12.7 Å². The largest absolute Gasteiger partial charge is 0.344 e. The van der Waals surface area contributed by atoms with Gasteiger partial charge in [0.25, 0.3) is 0 Å². The summed E-state index contributed by atoms with van der Waals surface area (Å²) in [6.07, 6.45) is 0. The van der Waals surface area contributed by atoms with Crippen LogP contribution in [-0.2, 0) is 0 Å². The van der Waals surface area contributed by atoms with Crippen molar-refractivity contribution in [2.45, 2.75) is 39.5 Å². The Balaban J connectivity index is 3.40. The highest BCUT2D eigenvalue weighted by Crippen LogP contribution is 2.33. The zero-order chi connectivity index (χ0) is 13.9. The number of amides is 2. The smallest absolute Gasteiger partial charge is 0.306 e. The number of hydrogen-bond acceptors (Lipinski definition) is 1. The summed E-state index contributed by atoms with van der Waals surface area (Å²) in [6.45, 7) is 11.0. The van der Waals surface area contributed by atoms with E-state index in [1.54, 1.807) is 0 Å². The fraction of sp³-hybridized carbons (Fsp3) is 0.429. The van der Waals surface area contributed by atoms with E-state index in [2.05, 4.69) is 17.0 Å². The summed E-state index contributed by atoms with van der Waals surface area (Å²) < 4.78 is 13.6. The van der Waals surface area contributed by atoms with E-state index in [9.17, 15) is 9.18 Å². The van der Waals surface area contributed by atoms with E-state index in [0.717, 1.165) is 11.1 Å². The number of carbonyl (C=O) groups is 1. The summed E-state index contributed by atoms with van der Waals surface area (Å²) in [6, 6.07) is 2.38. The van der Waals surface area contributed by atoms with E-state index >= 15 is 0 Å². The molecule has 3 nitrogen and oxygen atoms in total. The second kappa shape index (κ2) is 5.76. The molecule has 0 aliphatic carbocycles. The van der Waals surface area contributed by atoms with Crippen LogP contribution in [0.2, 0.25) is 0 Å². The number of anilines is 1. The molecule has 18 heavy (non-hydrogen) atoms. The lowest BCUT2D eigenvalue weighted by molar-refractivity contribution is 0.259. The van der Waals surface area contributed by atoms with Gasteiger partial charge in [0.1, 0.15) is 5.82 Å². The van der Waals surface area contributed by atoms with Crippen LogP contribution in [0, 0.1) is 5.82 Å². The van der Waals surface area contributed by atoms with Gasteiger partial charge in [0.2, 0.25) is 0 Å². The summed E-state index contributed by atoms with van der Waals surface area (Å²) in [5.41, 5.74) is 2.20. The standard InChI is InChI=1S/C14H19FN2O/c1-8(2)11-6-10(15)7-12(9(3)4)13(11)17-14(18)16-5/h6-9H,5H2,1-4H3,(H,17,18). The van der Waals surface area contributed by atoms with Crippen molar-refractivity contribution in [2.75, 3.05) is 5.32 Å². The number of halogens is 1. The molecule has 0 aromatic heterocycles. The number of nitrogens with one attached hydrogen (secondary N) is 1. The first kappa shape index (κ1) is 14.4. The number of hydrogen-bond donors (Lipinski definition) is 1.